The maximum atomic E-state index is 12.1. The van der Waals surface area contributed by atoms with Crippen LogP contribution in [0.1, 0.15) is 5.56 Å². The molecule has 1 amide bonds. The first kappa shape index (κ1) is 13.6. The van der Waals surface area contributed by atoms with Gasteiger partial charge >= 0.3 is 5.69 Å². The number of hydrogen-bond donors (Lipinski definition) is 1. The molecule has 0 saturated carbocycles. The predicted octanol–water partition coefficient (Wildman–Crippen LogP) is 1.01. The third-order valence-electron chi connectivity index (χ3n) is 3.06. The largest absolute Gasteiger partial charge is 0.350 e. The lowest BCUT2D eigenvalue weighted by atomic mass is 10.2. The van der Waals surface area contributed by atoms with Crippen molar-refractivity contribution in [1.82, 2.24) is 14.2 Å². The minimum atomic E-state index is -0.388. The van der Waals surface area contributed by atoms with Crippen molar-refractivity contribution in [2.24, 2.45) is 0 Å². The molecule has 7 heteroatoms. The van der Waals surface area contributed by atoms with Crippen molar-refractivity contribution in [2.75, 3.05) is 5.32 Å². The minimum absolute atomic E-state index is 0.197. The first-order chi connectivity index (χ1) is 10.7. The van der Waals surface area contributed by atoms with Gasteiger partial charge in [-0.25, -0.2) is 9.48 Å². The molecule has 0 unspecified atom stereocenters. The molecule has 0 bridgehead atoms. The Bertz CT molecular complexity index is 948. The lowest BCUT2D eigenvalue weighted by molar-refractivity contribution is -0.117. The number of nitrogens with zero attached hydrogens (tertiary/aromatic N) is 4. The van der Waals surface area contributed by atoms with Crippen LogP contribution in [-0.4, -0.2) is 20.1 Å². The average molecular weight is 293 g/mol. The summed E-state index contributed by atoms with van der Waals surface area (Å²) in [5.74, 6) is -0.388. The zero-order valence-electron chi connectivity index (χ0n) is 11.4. The number of anilines is 1. The SMILES string of the molecule is N#Cc1cccc(NC(=O)Cn2nc3ccccn3c2=O)c1. The number of pyridine rings is 1. The molecule has 3 rings (SSSR count). The standard InChI is InChI=1S/C15H11N5O2/c16-9-11-4-3-5-12(8-11)17-14(21)10-20-15(22)19-7-2-1-6-13(19)18-20/h1-8H,10H2,(H,17,21). The van der Waals surface area contributed by atoms with Crippen molar-refractivity contribution >= 4 is 17.2 Å². The van der Waals surface area contributed by atoms with Gasteiger partial charge in [-0.05, 0) is 30.3 Å². The molecule has 0 saturated heterocycles. The van der Waals surface area contributed by atoms with Gasteiger partial charge < -0.3 is 5.32 Å². The number of nitrogens with one attached hydrogen (secondary N) is 1. The van der Waals surface area contributed by atoms with Gasteiger partial charge in [0.15, 0.2) is 5.65 Å². The van der Waals surface area contributed by atoms with Crippen LogP contribution < -0.4 is 11.0 Å². The van der Waals surface area contributed by atoms with Gasteiger partial charge in [0.2, 0.25) is 5.91 Å². The number of aromatic nitrogens is 3. The lowest BCUT2D eigenvalue weighted by Crippen LogP contribution is -2.28. The van der Waals surface area contributed by atoms with Crippen LogP contribution in [0.3, 0.4) is 0 Å². The topological polar surface area (TPSA) is 92.2 Å². The lowest BCUT2D eigenvalue weighted by Gasteiger charge is -2.04. The van der Waals surface area contributed by atoms with Crippen LogP contribution >= 0.6 is 0 Å². The van der Waals surface area contributed by atoms with E-state index >= 15 is 0 Å². The number of amides is 1. The van der Waals surface area contributed by atoms with Gasteiger partial charge in [0, 0.05) is 11.9 Å². The number of fused-ring (bicyclic) bond motifs is 1. The van der Waals surface area contributed by atoms with Crippen LogP contribution in [0.2, 0.25) is 0 Å². The van der Waals surface area contributed by atoms with E-state index in [4.69, 9.17) is 5.26 Å². The summed E-state index contributed by atoms with van der Waals surface area (Å²) in [5.41, 5.74) is 1.05. The highest BCUT2D eigenvalue weighted by Gasteiger charge is 2.10. The van der Waals surface area contributed by atoms with Crippen LogP contribution in [0.5, 0.6) is 0 Å². The van der Waals surface area contributed by atoms with E-state index in [9.17, 15) is 9.59 Å². The van der Waals surface area contributed by atoms with Crippen LogP contribution in [0.4, 0.5) is 5.69 Å². The Balaban J connectivity index is 1.80. The number of hydrogen-bond acceptors (Lipinski definition) is 4. The summed E-state index contributed by atoms with van der Waals surface area (Å²) in [6.07, 6.45) is 1.59. The summed E-state index contributed by atoms with van der Waals surface area (Å²) in [6.45, 7) is -0.197. The smallest absolute Gasteiger partial charge is 0.324 e. The molecule has 7 nitrogen and oxygen atoms in total. The van der Waals surface area contributed by atoms with Gasteiger partial charge in [-0.3, -0.25) is 9.20 Å². The molecule has 2 heterocycles. The monoisotopic (exact) mass is 293 g/mol. The third kappa shape index (κ3) is 2.58. The van der Waals surface area contributed by atoms with Crippen LogP contribution in [0, 0.1) is 11.3 Å². The number of rotatable bonds is 3. The third-order valence-corrected chi connectivity index (χ3v) is 3.06. The highest BCUT2D eigenvalue weighted by molar-refractivity contribution is 5.90. The summed E-state index contributed by atoms with van der Waals surface area (Å²) >= 11 is 0. The molecule has 0 aliphatic heterocycles. The first-order valence-electron chi connectivity index (χ1n) is 6.51. The number of carbonyl (C=O) groups is 1. The van der Waals surface area contributed by atoms with Crippen molar-refractivity contribution in [3.8, 4) is 6.07 Å². The van der Waals surface area contributed by atoms with Crippen molar-refractivity contribution in [3.63, 3.8) is 0 Å². The molecule has 0 radical (unpaired) electrons. The fourth-order valence-electron chi connectivity index (χ4n) is 2.07. The molecule has 108 valence electrons. The molecule has 22 heavy (non-hydrogen) atoms. The van der Waals surface area contributed by atoms with Crippen molar-refractivity contribution < 1.29 is 4.79 Å². The Hall–Kier alpha value is -3.40. The molecule has 2 aromatic heterocycles. The molecule has 3 aromatic rings. The van der Waals surface area contributed by atoms with Gasteiger partial charge in [-0.1, -0.05) is 12.1 Å². The van der Waals surface area contributed by atoms with Gasteiger partial charge in [0.25, 0.3) is 0 Å². The fraction of sp³-hybridized carbons (Fsp3) is 0.0667. The van der Waals surface area contributed by atoms with Crippen molar-refractivity contribution in [1.29, 1.82) is 5.26 Å². The van der Waals surface area contributed by atoms with Gasteiger partial charge in [-0.2, -0.15) is 5.26 Å². The first-order valence-corrected chi connectivity index (χ1v) is 6.51. The number of benzene rings is 1. The molecular weight excluding hydrogens is 282 g/mol. The molecule has 0 fully saturated rings. The quantitative estimate of drug-likeness (QED) is 0.780. The summed E-state index contributed by atoms with van der Waals surface area (Å²) in [4.78, 5) is 24.1. The van der Waals surface area contributed by atoms with E-state index in [1.54, 1.807) is 48.7 Å². The highest BCUT2D eigenvalue weighted by Crippen LogP contribution is 2.09. The molecule has 1 N–H and O–H groups in total. The molecule has 0 aliphatic carbocycles. The second kappa shape index (κ2) is 5.54. The van der Waals surface area contributed by atoms with Crippen molar-refractivity contribution in [3.05, 3.63) is 64.7 Å². The second-order valence-electron chi connectivity index (χ2n) is 4.61. The molecule has 1 aromatic carbocycles. The van der Waals surface area contributed by atoms with E-state index in [1.165, 1.54) is 4.40 Å². The Labute approximate surface area is 125 Å². The Morgan fingerprint density at radius 1 is 1.27 bits per heavy atom. The second-order valence-corrected chi connectivity index (χ2v) is 4.61. The van der Waals surface area contributed by atoms with E-state index in [0.717, 1.165) is 4.68 Å². The summed E-state index contributed by atoms with van der Waals surface area (Å²) in [6, 6.07) is 13.7. The van der Waals surface area contributed by atoms with E-state index in [1.807, 2.05) is 6.07 Å². The zero-order chi connectivity index (χ0) is 15.5. The van der Waals surface area contributed by atoms with Crippen LogP contribution in [0.25, 0.3) is 5.65 Å². The summed E-state index contributed by atoms with van der Waals surface area (Å²) in [7, 11) is 0. The van der Waals surface area contributed by atoms with Crippen LogP contribution in [0.15, 0.2) is 53.5 Å². The molecule has 0 atom stereocenters. The Morgan fingerprint density at radius 3 is 2.91 bits per heavy atom. The molecule has 0 spiro atoms. The molecule has 0 aliphatic rings. The van der Waals surface area contributed by atoms with E-state index in [0.29, 0.717) is 16.9 Å². The fourth-order valence-corrected chi connectivity index (χ4v) is 2.07. The maximum absolute atomic E-state index is 12.1. The van der Waals surface area contributed by atoms with Gasteiger partial charge in [-0.15, -0.1) is 5.10 Å². The zero-order valence-corrected chi connectivity index (χ0v) is 11.4. The normalized spacial score (nSPS) is 10.3. The van der Waals surface area contributed by atoms with Gasteiger partial charge in [0.1, 0.15) is 6.54 Å². The van der Waals surface area contributed by atoms with E-state index < -0.39 is 0 Å². The maximum Gasteiger partial charge on any atom is 0.350 e. The van der Waals surface area contributed by atoms with Crippen LogP contribution in [-0.2, 0) is 11.3 Å². The Morgan fingerprint density at radius 2 is 2.14 bits per heavy atom. The van der Waals surface area contributed by atoms with Crippen molar-refractivity contribution in [2.45, 2.75) is 6.54 Å². The summed E-state index contributed by atoms with van der Waals surface area (Å²) < 4.78 is 2.46. The minimum Gasteiger partial charge on any atom is -0.324 e. The highest BCUT2D eigenvalue weighted by atomic mass is 16.2. The average Bonchev–Trinajstić information content (AvgIpc) is 2.84. The predicted molar refractivity (Wildman–Crippen MR) is 79.2 cm³/mol. The van der Waals surface area contributed by atoms with E-state index in [2.05, 4.69) is 10.4 Å². The molecular formula is C15H11N5O2. The Kier molecular flexibility index (Phi) is 3.42. The summed E-state index contributed by atoms with van der Waals surface area (Å²) in [5, 5.41) is 15.5. The van der Waals surface area contributed by atoms with Gasteiger partial charge in [0.05, 0.1) is 11.6 Å². The number of nitriles is 1. The van der Waals surface area contributed by atoms with E-state index in [-0.39, 0.29) is 18.1 Å². The number of carbonyl (C=O) groups excluding carboxylic acids is 1.